The first-order chi connectivity index (χ1) is 12.7. The Morgan fingerprint density at radius 2 is 2.31 bits per heavy atom. The van der Waals surface area contributed by atoms with Gasteiger partial charge in [-0.2, -0.15) is 0 Å². The van der Waals surface area contributed by atoms with Crippen LogP contribution in [-0.4, -0.2) is 47.4 Å². The van der Waals surface area contributed by atoms with Crippen molar-refractivity contribution < 1.29 is 0 Å². The van der Waals surface area contributed by atoms with Gasteiger partial charge in [0.1, 0.15) is 5.82 Å². The van der Waals surface area contributed by atoms with Crippen LogP contribution < -0.4 is 16.2 Å². The lowest BCUT2D eigenvalue weighted by Crippen LogP contribution is -2.31. The average Bonchev–Trinajstić information content (AvgIpc) is 3.04. The highest BCUT2D eigenvalue weighted by Gasteiger charge is 2.12. The van der Waals surface area contributed by atoms with Crippen molar-refractivity contribution in [2.75, 3.05) is 17.6 Å². The Morgan fingerprint density at radius 3 is 3.08 bits per heavy atom. The maximum atomic E-state index is 12.1. The summed E-state index contributed by atoms with van der Waals surface area (Å²) in [5.41, 5.74) is 0.429. The van der Waals surface area contributed by atoms with Gasteiger partial charge in [0.15, 0.2) is 21.4 Å². The molecule has 0 saturated carbocycles. The first kappa shape index (κ1) is 18.3. The summed E-state index contributed by atoms with van der Waals surface area (Å²) in [5.74, 6) is 1.55. The van der Waals surface area contributed by atoms with E-state index in [0.717, 1.165) is 12.2 Å². The van der Waals surface area contributed by atoms with Crippen LogP contribution in [0.2, 0.25) is 0 Å². The van der Waals surface area contributed by atoms with Crippen molar-refractivity contribution in [3.05, 3.63) is 34.7 Å². The van der Waals surface area contributed by atoms with Crippen molar-refractivity contribution in [2.45, 2.75) is 25.0 Å². The zero-order valence-electron chi connectivity index (χ0n) is 14.1. The largest absolute Gasteiger partial charge is 0.361 e. The van der Waals surface area contributed by atoms with Crippen molar-refractivity contribution in [1.82, 2.24) is 35.3 Å². The number of nitrogens with one attached hydrogen (secondary N) is 3. The Hall–Kier alpha value is -2.53. The fourth-order valence-electron chi connectivity index (χ4n) is 2.14. The van der Waals surface area contributed by atoms with Crippen LogP contribution in [0.4, 0.5) is 5.82 Å². The molecular weight excluding hydrogens is 372 g/mol. The molecule has 0 aromatic carbocycles. The van der Waals surface area contributed by atoms with E-state index in [1.54, 1.807) is 10.9 Å². The lowest BCUT2D eigenvalue weighted by atomic mass is 10.5. The van der Waals surface area contributed by atoms with E-state index in [1.807, 2.05) is 18.2 Å². The third kappa shape index (κ3) is 4.55. The van der Waals surface area contributed by atoms with E-state index in [2.05, 4.69) is 42.8 Å². The number of fused-ring (bicyclic) bond motifs is 1. The van der Waals surface area contributed by atoms with Gasteiger partial charge in [0.2, 0.25) is 0 Å². The molecule has 3 rings (SSSR count). The van der Waals surface area contributed by atoms with Gasteiger partial charge in [0.25, 0.3) is 5.56 Å². The molecule has 3 N–H and O–H groups in total. The molecule has 0 aliphatic rings. The van der Waals surface area contributed by atoms with E-state index in [9.17, 15) is 4.79 Å². The van der Waals surface area contributed by atoms with Gasteiger partial charge in [-0.25, -0.2) is 14.6 Å². The lowest BCUT2D eigenvalue weighted by molar-refractivity contribution is 0.592. The zero-order chi connectivity index (χ0) is 18.4. The highest BCUT2D eigenvalue weighted by Crippen LogP contribution is 2.14. The average molecular weight is 390 g/mol. The summed E-state index contributed by atoms with van der Waals surface area (Å²) >= 11 is 6.74. The predicted molar refractivity (Wildman–Crippen MR) is 105 cm³/mol. The van der Waals surface area contributed by atoms with Crippen LogP contribution in [0.15, 0.2) is 34.3 Å². The molecule has 0 atom stereocenters. The summed E-state index contributed by atoms with van der Waals surface area (Å²) < 4.78 is 1.59. The number of hydrogen-bond acceptors (Lipinski definition) is 7. The molecule has 0 saturated heterocycles. The van der Waals surface area contributed by atoms with E-state index in [0.29, 0.717) is 34.8 Å². The van der Waals surface area contributed by atoms with E-state index in [4.69, 9.17) is 12.2 Å². The molecule has 136 valence electrons. The number of thioether (sulfide) groups is 1. The normalized spacial score (nSPS) is 10.8. The summed E-state index contributed by atoms with van der Waals surface area (Å²) in [7, 11) is 0. The van der Waals surface area contributed by atoms with Crippen LogP contribution in [-0.2, 0) is 6.54 Å². The van der Waals surface area contributed by atoms with E-state index in [1.165, 1.54) is 11.8 Å². The maximum absolute atomic E-state index is 12.1. The number of nitrogens with zero attached hydrogens (tertiary/aromatic N) is 5. The minimum atomic E-state index is -0.278. The number of aromatic nitrogens is 6. The third-order valence-corrected chi connectivity index (χ3v) is 4.64. The fourth-order valence-corrected chi connectivity index (χ4v) is 3.06. The van der Waals surface area contributed by atoms with Crippen molar-refractivity contribution in [3.63, 3.8) is 0 Å². The summed E-state index contributed by atoms with van der Waals surface area (Å²) in [6.45, 7) is 3.04. The topological polar surface area (TPSA) is 113 Å². The lowest BCUT2D eigenvalue weighted by Gasteiger charge is -2.09. The molecule has 0 bridgehead atoms. The number of H-pyrrole nitrogens is 1. The smallest absolute Gasteiger partial charge is 0.281 e. The van der Waals surface area contributed by atoms with Crippen molar-refractivity contribution in [1.29, 1.82) is 0 Å². The van der Waals surface area contributed by atoms with Crippen LogP contribution in [0.25, 0.3) is 11.2 Å². The monoisotopic (exact) mass is 390 g/mol. The first-order valence-electron chi connectivity index (χ1n) is 8.09. The summed E-state index contributed by atoms with van der Waals surface area (Å²) in [6, 6.07) is 5.53. The molecule has 3 aromatic heterocycles. The van der Waals surface area contributed by atoms with E-state index >= 15 is 0 Å². The highest BCUT2D eigenvalue weighted by molar-refractivity contribution is 7.99. The Bertz CT molecular complexity index is 940. The van der Waals surface area contributed by atoms with Crippen molar-refractivity contribution in [3.8, 4) is 0 Å². The van der Waals surface area contributed by atoms with Gasteiger partial charge in [-0.05, 0) is 30.8 Å². The minimum Gasteiger partial charge on any atom is -0.361 e. The standard InChI is InChI=1S/C15H18N8OS2/c1-2-9-26-15-19-12-11(13(24)20-15)21-22-23(12)8-7-17-14(25)18-10-5-3-4-6-16-10/h3-6H,2,7-9H2,1H3,(H,19,20,24)(H2,16,17,18,25). The molecule has 3 aromatic rings. The SMILES string of the molecule is CCCSc1nc2c(nnn2CCNC(=S)Nc2ccccn2)c(=O)[nH]1. The second kappa shape index (κ2) is 8.72. The molecule has 0 unspecified atom stereocenters. The molecule has 0 spiro atoms. The number of hydrogen-bond donors (Lipinski definition) is 3. The minimum absolute atomic E-state index is 0.236. The summed E-state index contributed by atoms with van der Waals surface area (Å²) in [5, 5.41) is 15.0. The van der Waals surface area contributed by atoms with Crippen LogP contribution in [0.5, 0.6) is 0 Å². The molecule has 11 heteroatoms. The molecule has 9 nitrogen and oxygen atoms in total. The van der Waals surface area contributed by atoms with Crippen LogP contribution in [0, 0.1) is 0 Å². The summed E-state index contributed by atoms with van der Waals surface area (Å²) in [6.07, 6.45) is 2.68. The van der Waals surface area contributed by atoms with Gasteiger partial charge in [-0.3, -0.25) is 9.78 Å². The molecule has 0 aliphatic carbocycles. The molecule has 0 radical (unpaired) electrons. The Balaban J connectivity index is 1.62. The van der Waals surface area contributed by atoms with Crippen LogP contribution in [0.3, 0.4) is 0 Å². The van der Waals surface area contributed by atoms with Gasteiger partial charge >= 0.3 is 0 Å². The molecule has 26 heavy (non-hydrogen) atoms. The highest BCUT2D eigenvalue weighted by atomic mass is 32.2. The van der Waals surface area contributed by atoms with Gasteiger partial charge in [-0.15, -0.1) is 5.10 Å². The number of anilines is 1. The van der Waals surface area contributed by atoms with E-state index in [-0.39, 0.29) is 11.1 Å². The molecular formula is C15H18N8OS2. The van der Waals surface area contributed by atoms with Gasteiger partial charge in [0.05, 0.1) is 6.54 Å². The quantitative estimate of drug-likeness (QED) is 0.313. The van der Waals surface area contributed by atoms with Gasteiger partial charge < -0.3 is 10.6 Å². The zero-order valence-corrected chi connectivity index (χ0v) is 15.7. The Morgan fingerprint density at radius 1 is 1.42 bits per heavy atom. The second-order valence-electron chi connectivity index (χ2n) is 5.30. The Labute approximate surface area is 159 Å². The molecule has 0 aliphatic heterocycles. The fraction of sp³-hybridized carbons (Fsp3) is 0.333. The van der Waals surface area contributed by atoms with Crippen molar-refractivity contribution in [2.24, 2.45) is 0 Å². The number of thiocarbonyl (C=S) groups is 1. The number of aromatic amines is 1. The maximum Gasteiger partial charge on any atom is 0.281 e. The van der Waals surface area contributed by atoms with Crippen LogP contribution >= 0.6 is 24.0 Å². The summed E-state index contributed by atoms with van der Waals surface area (Å²) in [4.78, 5) is 23.4. The number of pyridine rings is 1. The molecule has 3 heterocycles. The van der Waals surface area contributed by atoms with E-state index < -0.39 is 0 Å². The van der Waals surface area contributed by atoms with Crippen molar-refractivity contribution >= 4 is 46.1 Å². The molecule has 0 amide bonds. The second-order valence-corrected chi connectivity index (χ2v) is 6.79. The molecule has 0 fully saturated rings. The number of rotatable bonds is 7. The first-order valence-corrected chi connectivity index (χ1v) is 9.49. The predicted octanol–water partition coefficient (Wildman–Crippen LogP) is 1.40. The van der Waals surface area contributed by atoms with Crippen LogP contribution in [0.1, 0.15) is 13.3 Å². The van der Waals surface area contributed by atoms with Gasteiger partial charge in [-0.1, -0.05) is 30.0 Å². The Kier molecular flexibility index (Phi) is 6.12. The third-order valence-electron chi connectivity index (χ3n) is 3.31. The van der Waals surface area contributed by atoms with Gasteiger partial charge in [0, 0.05) is 18.5 Å².